The number of hydrogen-bond acceptors (Lipinski definition) is 4. The van der Waals surface area contributed by atoms with E-state index in [9.17, 15) is 9.59 Å². The van der Waals surface area contributed by atoms with Crippen LogP contribution in [0.3, 0.4) is 0 Å². The van der Waals surface area contributed by atoms with E-state index in [0.717, 1.165) is 5.69 Å². The molecular formula is C20H25N3O2. The first-order valence-corrected chi connectivity index (χ1v) is 9.25. The van der Waals surface area contributed by atoms with Gasteiger partial charge in [-0.3, -0.25) is 14.6 Å². The lowest BCUT2D eigenvalue weighted by atomic mass is 10.0. The number of carbonyl (C=O) groups is 2. The molecule has 0 bridgehead atoms. The normalized spacial score (nSPS) is 22.9. The monoisotopic (exact) mass is 339 g/mol. The van der Waals surface area contributed by atoms with Crippen LogP contribution < -0.4 is 5.01 Å². The fourth-order valence-electron chi connectivity index (χ4n) is 4.01. The van der Waals surface area contributed by atoms with Crippen molar-refractivity contribution in [3.63, 3.8) is 0 Å². The number of rotatable bonds is 6. The average Bonchev–Trinajstić information content (AvgIpc) is 3.55. The van der Waals surface area contributed by atoms with Crippen molar-refractivity contribution in [3.05, 3.63) is 30.3 Å². The third kappa shape index (κ3) is 3.20. The van der Waals surface area contributed by atoms with Crippen LogP contribution in [0.15, 0.2) is 35.4 Å². The summed E-state index contributed by atoms with van der Waals surface area (Å²) in [5, 5.41) is 6.28. The Morgan fingerprint density at radius 1 is 1.12 bits per heavy atom. The van der Waals surface area contributed by atoms with Gasteiger partial charge in [-0.25, -0.2) is 0 Å². The molecule has 0 saturated heterocycles. The molecular weight excluding hydrogens is 314 g/mol. The number of anilines is 1. The van der Waals surface area contributed by atoms with Crippen molar-refractivity contribution >= 4 is 23.1 Å². The van der Waals surface area contributed by atoms with Gasteiger partial charge in [0.15, 0.2) is 5.78 Å². The van der Waals surface area contributed by atoms with E-state index in [1.807, 2.05) is 42.3 Å². The molecule has 3 aliphatic rings. The van der Waals surface area contributed by atoms with Crippen LogP contribution in [0.4, 0.5) is 5.69 Å². The number of Topliss-reactive ketones (excluding diaryl/α,β-unsaturated/α-hetero) is 1. The van der Waals surface area contributed by atoms with Crippen molar-refractivity contribution in [2.45, 2.75) is 51.1 Å². The van der Waals surface area contributed by atoms with Crippen LogP contribution in [0, 0.1) is 11.8 Å². The second kappa shape index (κ2) is 6.28. The fourth-order valence-corrected chi connectivity index (χ4v) is 4.01. The lowest BCUT2D eigenvalue weighted by Gasteiger charge is -2.28. The minimum atomic E-state index is -0.380. The first kappa shape index (κ1) is 16.3. The minimum absolute atomic E-state index is 0.00604. The van der Waals surface area contributed by atoms with Gasteiger partial charge >= 0.3 is 0 Å². The zero-order chi connectivity index (χ0) is 17.6. The largest absolute Gasteiger partial charge is 0.337 e. The lowest BCUT2D eigenvalue weighted by molar-refractivity contribution is -0.125. The summed E-state index contributed by atoms with van der Waals surface area (Å²) >= 11 is 0. The molecule has 5 nitrogen and oxygen atoms in total. The number of carbonyl (C=O) groups excluding carboxylic acids is 2. The van der Waals surface area contributed by atoms with Gasteiger partial charge in [0.1, 0.15) is 11.8 Å². The fraction of sp³-hybridized carbons (Fsp3) is 0.550. The Labute approximate surface area is 148 Å². The van der Waals surface area contributed by atoms with E-state index in [4.69, 9.17) is 0 Å². The number of amides is 1. The summed E-state index contributed by atoms with van der Waals surface area (Å²) < 4.78 is 0. The van der Waals surface area contributed by atoms with Crippen LogP contribution in [-0.4, -0.2) is 41.4 Å². The molecule has 1 aromatic rings. The molecule has 5 heteroatoms. The molecule has 0 N–H and O–H groups in total. The Kier molecular flexibility index (Phi) is 4.10. The summed E-state index contributed by atoms with van der Waals surface area (Å²) in [4.78, 5) is 27.1. The Morgan fingerprint density at radius 2 is 1.72 bits per heavy atom. The molecule has 25 heavy (non-hydrogen) atoms. The molecule has 0 aromatic heterocycles. The Bertz CT molecular complexity index is 695. The van der Waals surface area contributed by atoms with Crippen LogP contribution in [0.5, 0.6) is 0 Å². The number of nitrogens with zero attached hydrogens (tertiary/aromatic N) is 3. The molecule has 1 atom stereocenters. The Balaban J connectivity index is 1.56. The van der Waals surface area contributed by atoms with Crippen molar-refractivity contribution < 1.29 is 9.59 Å². The summed E-state index contributed by atoms with van der Waals surface area (Å²) in [5.41, 5.74) is 1.37. The van der Waals surface area contributed by atoms with Crippen molar-refractivity contribution in [2.24, 2.45) is 16.9 Å². The van der Waals surface area contributed by atoms with Gasteiger partial charge in [0.2, 0.25) is 0 Å². The van der Waals surface area contributed by atoms with Crippen LogP contribution >= 0.6 is 0 Å². The highest BCUT2D eigenvalue weighted by Crippen LogP contribution is 2.47. The standard InChI is InChI=1S/C20H25N3O2/c1-13(24)18-12-17(21-23(18)16-6-4-3-5-7-16)20(25)22(2)19(14-8-9-14)15-10-11-15/h3-7,14-15,18-19H,8-12H2,1-2H3. The summed E-state index contributed by atoms with van der Waals surface area (Å²) in [7, 11) is 1.92. The van der Waals surface area contributed by atoms with Gasteiger partial charge in [-0.1, -0.05) is 18.2 Å². The van der Waals surface area contributed by atoms with Gasteiger partial charge in [-0.2, -0.15) is 5.10 Å². The highest BCUT2D eigenvalue weighted by atomic mass is 16.2. The molecule has 1 aromatic carbocycles. The predicted molar refractivity (Wildman–Crippen MR) is 97.4 cm³/mol. The van der Waals surface area contributed by atoms with Crippen molar-refractivity contribution in [3.8, 4) is 0 Å². The summed E-state index contributed by atoms with van der Waals surface area (Å²) in [6.07, 6.45) is 5.33. The van der Waals surface area contributed by atoms with Crippen LogP contribution in [-0.2, 0) is 9.59 Å². The van der Waals surface area contributed by atoms with E-state index in [0.29, 0.717) is 30.0 Å². The van der Waals surface area contributed by atoms with Gasteiger partial charge in [0.05, 0.1) is 5.69 Å². The molecule has 1 heterocycles. The number of benzene rings is 1. The minimum Gasteiger partial charge on any atom is -0.337 e. The van der Waals surface area contributed by atoms with Gasteiger partial charge in [0, 0.05) is 19.5 Å². The second-order valence-corrected chi connectivity index (χ2v) is 7.64. The lowest BCUT2D eigenvalue weighted by Crippen LogP contribution is -2.43. The number of hydrogen-bond donors (Lipinski definition) is 0. The maximum atomic E-state index is 13.1. The number of ketones is 1. The first-order chi connectivity index (χ1) is 12.1. The average molecular weight is 339 g/mol. The van der Waals surface area contributed by atoms with Crippen LogP contribution in [0.25, 0.3) is 0 Å². The van der Waals surface area contributed by atoms with E-state index in [1.165, 1.54) is 25.7 Å². The zero-order valence-electron chi connectivity index (χ0n) is 14.9. The summed E-state index contributed by atoms with van der Waals surface area (Å²) in [6, 6.07) is 9.60. The quantitative estimate of drug-likeness (QED) is 0.801. The van der Waals surface area contributed by atoms with Crippen LogP contribution in [0.2, 0.25) is 0 Å². The topological polar surface area (TPSA) is 53.0 Å². The van der Waals surface area contributed by atoms with Crippen LogP contribution in [0.1, 0.15) is 39.0 Å². The van der Waals surface area contributed by atoms with E-state index in [1.54, 1.807) is 11.9 Å². The highest BCUT2D eigenvalue weighted by Gasteiger charge is 2.46. The van der Waals surface area contributed by atoms with Gasteiger partial charge in [-0.05, 0) is 56.6 Å². The molecule has 2 saturated carbocycles. The predicted octanol–water partition coefficient (Wildman–Crippen LogP) is 2.86. The SMILES string of the molecule is CC(=O)C1CC(C(=O)N(C)C(C2CC2)C2CC2)=NN1c1ccccc1. The molecule has 2 aliphatic carbocycles. The van der Waals surface area contributed by atoms with Gasteiger partial charge < -0.3 is 4.90 Å². The molecule has 1 unspecified atom stereocenters. The Morgan fingerprint density at radius 3 is 2.24 bits per heavy atom. The van der Waals surface area contributed by atoms with Gasteiger partial charge in [0.25, 0.3) is 5.91 Å². The third-order valence-corrected chi connectivity index (χ3v) is 5.62. The number of hydrazone groups is 1. The number of para-hydroxylation sites is 1. The van der Waals surface area contributed by atoms with E-state index >= 15 is 0 Å². The van der Waals surface area contributed by atoms with E-state index < -0.39 is 0 Å². The highest BCUT2D eigenvalue weighted by molar-refractivity contribution is 6.40. The summed E-state index contributed by atoms with van der Waals surface area (Å²) in [6.45, 7) is 1.57. The second-order valence-electron chi connectivity index (χ2n) is 7.64. The van der Waals surface area contributed by atoms with Crippen molar-refractivity contribution in [1.82, 2.24) is 4.90 Å². The van der Waals surface area contributed by atoms with E-state index in [2.05, 4.69) is 5.10 Å². The smallest absolute Gasteiger partial charge is 0.270 e. The maximum Gasteiger partial charge on any atom is 0.270 e. The molecule has 132 valence electrons. The molecule has 1 aliphatic heterocycles. The molecule has 0 radical (unpaired) electrons. The third-order valence-electron chi connectivity index (χ3n) is 5.62. The van der Waals surface area contributed by atoms with Crippen molar-refractivity contribution in [1.29, 1.82) is 0 Å². The molecule has 0 spiro atoms. The zero-order valence-corrected chi connectivity index (χ0v) is 14.9. The molecule has 1 amide bonds. The molecule has 4 rings (SSSR count). The molecule has 2 fully saturated rings. The summed E-state index contributed by atoms with van der Waals surface area (Å²) in [5.74, 6) is 1.36. The van der Waals surface area contributed by atoms with Crippen molar-refractivity contribution in [2.75, 3.05) is 12.1 Å². The Hall–Kier alpha value is -2.17. The van der Waals surface area contributed by atoms with Gasteiger partial charge in [-0.15, -0.1) is 0 Å². The maximum absolute atomic E-state index is 13.1. The first-order valence-electron chi connectivity index (χ1n) is 9.25. The van der Waals surface area contributed by atoms with E-state index in [-0.39, 0.29) is 17.7 Å².